The predicted octanol–water partition coefficient (Wildman–Crippen LogP) is 2.62. The fourth-order valence-corrected chi connectivity index (χ4v) is 2.92. The summed E-state index contributed by atoms with van der Waals surface area (Å²) in [6.45, 7) is 2.92. The van der Waals surface area contributed by atoms with Crippen molar-refractivity contribution in [3.63, 3.8) is 0 Å². The lowest BCUT2D eigenvalue weighted by Crippen LogP contribution is -2.17. The Balaban J connectivity index is 1.97. The molecule has 2 aromatic heterocycles. The van der Waals surface area contributed by atoms with Crippen LogP contribution in [0.5, 0.6) is 0 Å². The van der Waals surface area contributed by atoms with Gasteiger partial charge in [-0.3, -0.25) is 0 Å². The Morgan fingerprint density at radius 2 is 2.35 bits per heavy atom. The van der Waals surface area contributed by atoms with Crippen LogP contribution < -0.4 is 5.73 Å². The zero-order valence-electron chi connectivity index (χ0n) is 11.8. The van der Waals surface area contributed by atoms with Crippen molar-refractivity contribution in [3.8, 4) is 6.07 Å². The summed E-state index contributed by atoms with van der Waals surface area (Å²) in [5.74, 6) is 0. The zero-order valence-corrected chi connectivity index (χ0v) is 11.8. The van der Waals surface area contributed by atoms with Crippen molar-refractivity contribution in [1.29, 1.82) is 5.26 Å². The molecule has 3 rings (SSSR count). The lowest BCUT2D eigenvalue weighted by Gasteiger charge is -2.12. The highest BCUT2D eigenvalue weighted by Crippen LogP contribution is 2.50. The molecule has 2 heterocycles. The number of fused-ring (bicyclic) bond motifs is 1. The highest BCUT2D eigenvalue weighted by atomic mass is 15.0. The second-order valence-corrected chi connectivity index (χ2v) is 6.17. The molecule has 2 aromatic rings. The van der Waals surface area contributed by atoms with E-state index in [0.717, 1.165) is 31.5 Å². The van der Waals surface area contributed by atoms with Crippen LogP contribution in [0.25, 0.3) is 11.0 Å². The molecule has 0 radical (unpaired) electrons. The highest BCUT2D eigenvalue weighted by molar-refractivity contribution is 5.80. The van der Waals surface area contributed by atoms with Gasteiger partial charge in [-0.1, -0.05) is 0 Å². The molecule has 0 amide bonds. The van der Waals surface area contributed by atoms with Gasteiger partial charge in [-0.15, -0.1) is 0 Å². The Morgan fingerprint density at radius 3 is 3.00 bits per heavy atom. The molecule has 0 aromatic carbocycles. The topological polar surface area (TPSA) is 67.6 Å². The van der Waals surface area contributed by atoms with Crippen LogP contribution in [0.1, 0.15) is 31.7 Å². The summed E-state index contributed by atoms with van der Waals surface area (Å²) in [5, 5.41) is 10.2. The standard InChI is InChI=1S/C16H20N4/c1-12(18)9-13-10-20(11-16(4-5-16)6-7-17)15-14(13)3-2-8-19-15/h2-3,8,10,12H,4-6,9,11,18H2,1H3. The summed E-state index contributed by atoms with van der Waals surface area (Å²) in [7, 11) is 0. The first-order valence-corrected chi connectivity index (χ1v) is 7.19. The first-order chi connectivity index (χ1) is 9.63. The number of rotatable bonds is 5. The molecule has 0 aliphatic heterocycles. The summed E-state index contributed by atoms with van der Waals surface area (Å²) in [4.78, 5) is 4.52. The lowest BCUT2D eigenvalue weighted by atomic mass is 10.0. The predicted molar refractivity (Wildman–Crippen MR) is 79.0 cm³/mol. The number of nitrogens with two attached hydrogens (primary N) is 1. The van der Waals surface area contributed by atoms with Crippen molar-refractivity contribution in [2.24, 2.45) is 11.1 Å². The molecular formula is C16H20N4. The molecule has 1 aliphatic rings. The van der Waals surface area contributed by atoms with Crippen molar-refractivity contribution >= 4 is 11.0 Å². The molecular weight excluding hydrogens is 248 g/mol. The zero-order chi connectivity index (χ0) is 14.2. The summed E-state index contributed by atoms with van der Waals surface area (Å²) in [6, 6.07) is 6.55. The van der Waals surface area contributed by atoms with Crippen molar-refractivity contribution in [1.82, 2.24) is 9.55 Å². The van der Waals surface area contributed by atoms with Crippen LogP contribution in [0.3, 0.4) is 0 Å². The van der Waals surface area contributed by atoms with Crippen molar-refractivity contribution in [3.05, 3.63) is 30.1 Å². The van der Waals surface area contributed by atoms with Gasteiger partial charge in [0.05, 0.1) is 6.07 Å². The molecule has 104 valence electrons. The number of nitriles is 1. The summed E-state index contributed by atoms with van der Waals surface area (Å²) < 4.78 is 2.22. The van der Waals surface area contributed by atoms with E-state index in [9.17, 15) is 0 Å². The molecule has 1 aliphatic carbocycles. The number of hydrogen-bond acceptors (Lipinski definition) is 3. The van der Waals surface area contributed by atoms with Gasteiger partial charge in [-0.2, -0.15) is 5.26 Å². The van der Waals surface area contributed by atoms with Gasteiger partial charge in [0, 0.05) is 42.2 Å². The second kappa shape index (κ2) is 4.92. The van der Waals surface area contributed by atoms with E-state index >= 15 is 0 Å². The van der Waals surface area contributed by atoms with Gasteiger partial charge >= 0.3 is 0 Å². The van der Waals surface area contributed by atoms with Crippen molar-refractivity contribution in [2.75, 3.05) is 0 Å². The quantitative estimate of drug-likeness (QED) is 0.906. The van der Waals surface area contributed by atoms with Crippen LogP contribution in [-0.4, -0.2) is 15.6 Å². The highest BCUT2D eigenvalue weighted by Gasteiger charge is 2.43. The Labute approximate surface area is 119 Å². The minimum atomic E-state index is 0.142. The largest absolute Gasteiger partial charge is 0.332 e. The third kappa shape index (κ3) is 2.41. The molecule has 1 fully saturated rings. The van der Waals surface area contributed by atoms with Gasteiger partial charge in [-0.25, -0.2) is 4.98 Å². The fraction of sp³-hybridized carbons (Fsp3) is 0.500. The maximum absolute atomic E-state index is 8.97. The Morgan fingerprint density at radius 1 is 1.55 bits per heavy atom. The van der Waals surface area contributed by atoms with Gasteiger partial charge in [0.15, 0.2) is 0 Å². The third-order valence-corrected chi connectivity index (χ3v) is 4.18. The maximum atomic E-state index is 8.97. The van der Waals surface area contributed by atoms with Crippen LogP contribution in [0.2, 0.25) is 0 Å². The molecule has 4 heteroatoms. The number of hydrogen-bond donors (Lipinski definition) is 1. The van der Waals surface area contributed by atoms with Crippen LogP contribution in [0, 0.1) is 16.7 Å². The van der Waals surface area contributed by atoms with E-state index < -0.39 is 0 Å². The monoisotopic (exact) mass is 268 g/mol. The number of nitrogens with zero attached hydrogens (tertiary/aromatic N) is 3. The minimum absolute atomic E-state index is 0.142. The summed E-state index contributed by atoms with van der Waals surface area (Å²) in [5.41, 5.74) is 8.40. The van der Waals surface area contributed by atoms with Gasteiger partial charge in [0.2, 0.25) is 0 Å². The average molecular weight is 268 g/mol. The van der Waals surface area contributed by atoms with Crippen molar-refractivity contribution in [2.45, 2.75) is 45.2 Å². The van der Waals surface area contributed by atoms with Gasteiger partial charge in [0.25, 0.3) is 0 Å². The van der Waals surface area contributed by atoms with Crippen LogP contribution in [0.4, 0.5) is 0 Å². The Kier molecular flexibility index (Phi) is 3.23. The molecule has 1 atom stereocenters. The molecule has 4 nitrogen and oxygen atoms in total. The van der Waals surface area contributed by atoms with E-state index in [1.54, 1.807) is 0 Å². The SMILES string of the molecule is CC(N)Cc1cn(CC2(CC#N)CC2)c2ncccc12. The molecule has 0 spiro atoms. The van der Waals surface area contributed by atoms with Gasteiger partial charge in [-0.05, 0) is 43.9 Å². The Hall–Kier alpha value is -1.86. The average Bonchev–Trinajstić information content (AvgIpc) is 3.08. The van der Waals surface area contributed by atoms with E-state index in [2.05, 4.69) is 27.9 Å². The second-order valence-electron chi connectivity index (χ2n) is 6.17. The van der Waals surface area contributed by atoms with Crippen LogP contribution in [0.15, 0.2) is 24.5 Å². The maximum Gasteiger partial charge on any atom is 0.140 e. The molecule has 0 saturated heterocycles. The Bertz CT molecular complexity index is 659. The molecule has 1 saturated carbocycles. The van der Waals surface area contributed by atoms with E-state index in [-0.39, 0.29) is 11.5 Å². The van der Waals surface area contributed by atoms with Gasteiger partial charge in [0.1, 0.15) is 5.65 Å². The molecule has 20 heavy (non-hydrogen) atoms. The van der Waals surface area contributed by atoms with Crippen molar-refractivity contribution < 1.29 is 0 Å². The summed E-state index contributed by atoms with van der Waals surface area (Å²) in [6.07, 6.45) is 7.81. The van der Waals surface area contributed by atoms with E-state index in [0.29, 0.717) is 6.42 Å². The fourth-order valence-electron chi connectivity index (χ4n) is 2.92. The summed E-state index contributed by atoms with van der Waals surface area (Å²) >= 11 is 0. The number of aromatic nitrogens is 2. The normalized spacial score (nSPS) is 17.9. The van der Waals surface area contributed by atoms with E-state index in [1.165, 1.54) is 10.9 Å². The first-order valence-electron chi connectivity index (χ1n) is 7.19. The van der Waals surface area contributed by atoms with Crippen LogP contribution in [-0.2, 0) is 13.0 Å². The third-order valence-electron chi connectivity index (χ3n) is 4.18. The van der Waals surface area contributed by atoms with Crippen LogP contribution >= 0.6 is 0 Å². The van der Waals surface area contributed by atoms with E-state index in [4.69, 9.17) is 11.0 Å². The first kappa shape index (κ1) is 13.1. The minimum Gasteiger partial charge on any atom is -0.332 e. The van der Waals surface area contributed by atoms with E-state index in [1.807, 2.05) is 19.2 Å². The lowest BCUT2D eigenvalue weighted by molar-refractivity contribution is 0.438. The smallest absolute Gasteiger partial charge is 0.140 e. The molecule has 1 unspecified atom stereocenters. The van der Waals surface area contributed by atoms with Gasteiger partial charge < -0.3 is 10.3 Å². The molecule has 2 N–H and O–H groups in total. The molecule has 0 bridgehead atoms. The number of pyridine rings is 1.